The Labute approximate surface area is 325 Å². The Morgan fingerprint density at radius 1 is 0.304 bits per heavy atom. The molecule has 0 aliphatic carbocycles. The number of fused-ring (bicyclic) bond motifs is 7. The zero-order valence-corrected chi connectivity index (χ0v) is 30.7. The van der Waals surface area contributed by atoms with Crippen LogP contribution < -0.4 is 4.90 Å². The summed E-state index contributed by atoms with van der Waals surface area (Å²) in [4.78, 5) is 2.50. The van der Waals surface area contributed by atoms with E-state index in [4.69, 9.17) is 0 Å². The summed E-state index contributed by atoms with van der Waals surface area (Å²) in [5, 5.41) is 9.81. The van der Waals surface area contributed by atoms with Crippen molar-refractivity contribution in [1.29, 1.82) is 0 Å². The number of rotatable bonds is 6. The number of aromatic nitrogens is 1. The average molecular weight is 713 g/mol. The van der Waals surface area contributed by atoms with Gasteiger partial charge in [-0.05, 0) is 92.2 Å². The Kier molecular flexibility index (Phi) is 7.53. The number of anilines is 3. The maximum absolute atomic E-state index is 2.50. The van der Waals surface area contributed by atoms with Crippen LogP contribution in [0, 0.1) is 0 Å². The Morgan fingerprint density at radius 2 is 0.821 bits per heavy atom. The normalized spacial score (nSPS) is 11.6. The molecule has 11 rings (SSSR count). The van der Waals surface area contributed by atoms with Gasteiger partial charge in [0.1, 0.15) is 0 Å². The second-order valence-corrected chi connectivity index (χ2v) is 14.4. The Hall–Kier alpha value is -7.42. The lowest BCUT2D eigenvalue weighted by atomic mass is 9.86. The second-order valence-electron chi connectivity index (χ2n) is 14.4. The smallest absolute Gasteiger partial charge is 0.0625 e. The largest absolute Gasteiger partial charge is 0.309 e. The van der Waals surface area contributed by atoms with Gasteiger partial charge in [0.05, 0.1) is 16.7 Å². The van der Waals surface area contributed by atoms with Gasteiger partial charge >= 0.3 is 0 Å². The van der Waals surface area contributed by atoms with E-state index in [-0.39, 0.29) is 0 Å². The van der Waals surface area contributed by atoms with Crippen LogP contribution in [-0.2, 0) is 0 Å². The molecular weight excluding hydrogens is 677 g/mol. The highest BCUT2D eigenvalue weighted by Gasteiger charge is 2.25. The molecule has 0 unspecified atom stereocenters. The molecule has 56 heavy (non-hydrogen) atoms. The van der Waals surface area contributed by atoms with Gasteiger partial charge in [-0.3, -0.25) is 0 Å². The fourth-order valence-electron chi connectivity index (χ4n) is 8.96. The van der Waals surface area contributed by atoms with Crippen LogP contribution in [-0.4, -0.2) is 4.57 Å². The quantitative estimate of drug-likeness (QED) is 0.156. The van der Waals surface area contributed by atoms with Crippen molar-refractivity contribution in [3.05, 3.63) is 218 Å². The average Bonchev–Trinajstić information content (AvgIpc) is 3.61. The van der Waals surface area contributed by atoms with Crippen molar-refractivity contribution in [2.45, 2.75) is 0 Å². The SMILES string of the molecule is c1ccc(-c2cccc3c(-c4c(N(c5ccccc5)c5ccc6c(c5)c5ccccc5n6-c5ccccc5)c5ccccc5c5ccccc45)cccc23)cc1. The maximum atomic E-state index is 2.50. The van der Waals surface area contributed by atoms with Crippen LogP contribution in [0.5, 0.6) is 0 Å². The van der Waals surface area contributed by atoms with Crippen molar-refractivity contribution >= 4 is 71.2 Å². The summed E-state index contributed by atoms with van der Waals surface area (Å²) in [6.07, 6.45) is 0. The van der Waals surface area contributed by atoms with Crippen molar-refractivity contribution in [3.63, 3.8) is 0 Å². The molecule has 10 aromatic carbocycles. The second kappa shape index (κ2) is 13.2. The molecule has 11 aromatic rings. The summed E-state index contributed by atoms with van der Waals surface area (Å²) in [6, 6.07) is 79.5. The third-order valence-electron chi connectivity index (χ3n) is 11.3. The van der Waals surface area contributed by atoms with Crippen molar-refractivity contribution in [2.24, 2.45) is 0 Å². The molecule has 0 radical (unpaired) electrons. The topological polar surface area (TPSA) is 8.17 Å². The number of hydrogen-bond donors (Lipinski definition) is 0. The number of hydrogen-bond acceptors (Lipinski definition) is 1. The van der Waals surface area contributed by atoms with E-state index >= 15 is 0 Å². The molecule has 0 aliphatic rings. The van der Waals surface area contributed by atoms with E-state index in [2.05, 4.69) is 228 Å². The van der Waals surface area contributed by atoms with Crippen molar-refractivity contribution in [1.82, 2.24) is 4.57 Å². The molecule has 1 heterocycles. The fourth-order valence-corrected chi connectivity index (χ4v) is 8.96. The van der Waals surface area contributed by atoms with Gasteiger partial charge in [-0.2, -0.15) is 0 Å². The lowest BCUT2D eigenvalue weighted by Crippen LogP contribution is -2.12. The molecule has 0 atom stereocenters. The first kappa shape index (κ1) is 32.0. The number of para-hydroxylation sites is 3. The summed E-state index contributed by atoms with van der Waals surface area (Å²) in [6.45, 7) is 0. The van der Waals surface area contributed by atoms with E-state index in [0.29, 0.717) is 0 Å². The third kappa shape index (κ3) is 5.04. The third-order valence-corrected chi connectivity index (χ3v) is 11.3. The van der Waals surface area contributed by atoms with Gasteiger partial charge in [0, 0.05) is 38.8 Å². The van der Waals surface area contributed by atoms with Crippen LogP contribution in [0.4, 0.5) is 17.1 Å². The van der Waals surface area contributed by atoms with Crippen molar-refractivity contribution < 1.29 is 0 Å². The van der Waals surface area contributed by atoms with Crippen LogP contribution >= 0.6 is 0 Å². The van der Waals surface area contributed by atoms with Crippen LogP contribution in [0.15, 0.2) is 218 Å². The molecule has 0 amide bonds. The van der Waals surface area contributed by atoms with Crippen LogP contribution in [0.3, 0.4) is 0 Å². The van der Waals surface area contributed by atoms with E-state index in [9.17, 15) is 0 Å². The fraction of sp³-hybridized carbons (Fsp3) is 0. The molecule has 0 bridgehead atoms. The monoisotopic (exact) mass is 712 g/mol. The van der Waals surface area contributed by atoms with Gasteiger partial charge in [-0.25, -0.2) is 0 Å². The predicted octanol–water partition coefficient (Wildman–Crippen LogP) is 15.0. The van der Waals surface area contributed by atoms with E-state index in [1.54, 1.807) is 0 Å². The molecule has 0 saturated carbocycles. The van der Waals surface area contributed by atoms with E-state index in [0.717, 1.165) is 22.7 Å². The Morgan fingerprint density at radius 3 is 1.55 bits per heavy atom. The highest BCUT2D eigenvalue weighted by molar-refractivity contribution is 6.25. The molecule has 1 aromatic heterocycles. The zero-order valence-electron chi connectivity index (χ0n) is 30.7. The summed E-state index contributed by atoms with van der Waals surface area (Å²) >= 11 is 0. The minimum Gasteiger partial charge on any atom is -0.309 e. The minimum atomic E-state index is 1.10. The molecule has 0 spiro atoms. The maximum Gasteiger partial charge on any atom is 0.0625 e. The van der Waals surface area contributed by atoms with Gasteiger partial charge in [0.15, 0.2) is 0 Å². The van der Waals surface area contributed by atoms with Gasteiger partial charge in [-0.15, -0.1) is 0 Å². The summed E-state index contributed by atoms with van der Waals surface area (Å²) in [5.74, 6) is 0. The summed E-state index contributed by atoms with van der Waals surface area (Å²) < 4.78 is 2.39. The van der Waals surface area contributed by atoms with Gasteiger partial charge in [-0.1, -0.05) is 170 Å². The van der Waals surface area contributed by atoms with E-state index in [1.807, 2.05) is 0 Å². The highest BCUT2D eigenvalue weighted by atomic mass is 15.1. The Balaban J connectivity index is 1.27. The lowest BCUT2D eigenvalue weighted by molar-refractivity contribution is 1.18. The van der Waals surface area contributed by atoms with Crippen molar-refractivity contribution in [2.75, 3.05) is 4.90 Å². The van der Waals surface area contributed by atoms with Crippen LogP contribution in [0.2, 0.25) is 0 Å². The van der Waals surface area contributed by atoms with Gasteiger partial charge in [0.25, 0.3) is 0 Å². The van der Waals surface area contributed by atoms with E-state index in [1.165, 1.54) is 76.4 Å². The first-order chi connectivity index (χ1) is 27.8. The number of nitrogens with zero attached hydrogens (tertiary/aromatic N) is 2. The van der Waals surface area contributed by atoms with E-state index < -0.39 is 0 Å². The Bertz CT molecular complexity index is 3240. The molecule has 0 fully saturated rings. The molecule has 262 valence electrons. The molecule has 0 saturated heterocycles. The standard InChI is InChI=1S/C54H36N2/c1-4-18-37(19-5-1)41-29-16-31-44-42(41)30-17-32-48(44)53-47-27-12-10-24-43(47)45-25-11-13-28-49(45)54(53)55(38-20-6-2-7-21-38)40-34-35-52-50(36-40)46-26-14-15-33-51(46)56(52)39-22-8-3-9-23-39/h1-36H. The van der Waals surface area contributed by atoms with Crippen molar-refractivity contribution in [3.8, 4) is 27.9 Å². The first-order valence-corrected chi connectivity index (χ1v) is 19.3. The molecule has 0 aliphatic heterocycles. The summed E-state index contributed by atoms with van der Waals surface area (Å²) in [5.41, 5.74) is 11.8. The zero-order chi connectivity index (χ0) is 37.0. The van der Waals surface area contributed by atoms with Gasteiger partial charge in [0.2, 0.25) is 0 Å². The van der Waals surface area contributed by atoms with Gasteiger partial charge < -0.3 is 9.47 Å². The van der Waals surface area contributed by atoms with Crippen LogP contribution in [0.25, 0.3) is 82.1 Å². The molecular formula is C54H36N2. The highest BCUT2D eigenvalue weighted by Crippen LogP contribution is 2.51. The first-order valence-electron chi connectivity index (χ1n) is 19.3. The molecule has 2 heteroatoms. The predicted molar refractivity (Wildman–Crippen MR) is 239 cm³/mol. The number of benzene rings is 10. The summed E-state index contributed by atoms with van der Waals surface area (Å²) in [7, 11) is 0. The van der Waals surface area contributed by atoms with Crippen LogP contribution in [0.1, 0.15) is 0 Å². The lowest BCUT2D eigenvalue weighted by Gasteiger charge is -2.31. The minimum absolute atomic E-state index is 1.10. The molecule has 2 nitrogen and oxygen atoms in total. The molecule has 0 N–H and O–H groups in total.